The summed E-state index contributed by atoms with van der Waals surface area (Å²) in [6.07, 6.45) is 11.7. The molecule has 100 valence electrons. The minimum Gasteiger partial charge on any atom is -0.444 e. The number of carbonyl (C=O) groups is 1. The van der Waals surface area contributed by atoms with E-state index in [9.17, 15) is 4.79 Å². The predicted octanol–water partition coefficient (Wildman–Crippen LogP) is 3.97. The van der Waals surface area contributed by atoms with Crippen molar-refractivity contribution < 1.29 is 9.53 Å². The van der Waals surface area contributed by atoms with Crippen LogP contribution in [0.2, 0.25) is 0 Å². The molecule has 3 nitrogen and oxygen atoms in total. The molecule has 0 radical (unpaired) electrons. The van der Waals surface area contributed by atoms with Gasteiger partial charge in [-0.3, -0.25) is 0 Å². The summed E-state index contributed by atoms with van der Waals surface area (Å²) >= 11 is 0. The average molecular weight is 241 g/mol. The normalized spacial score (nSPS) is 19.8. The average Bonchev–Trinajstić information content (AvgIpc) is 2.62. The molecular weight excluding hydrogens is 214 g/mol. The van der Waals surface area contributed by atoms with Crippen molar-refractivity contribution in [3.05, 3.63) is 0 Å². The van der Waals surface area contributed by atoms with E-state index in [1.807, 2.05) is 0 Å². The van der Waals surface area contributed by atoms with Gasteiger partial charge in [0.1, 0.15) is 6.10 Å². The minimum absolute atomic E-state index is 0.146. The molecule has 1 amide bonds. The lowest BCUT2D eigenvalue weighted by molar-refractivity contribution is 0.129. The number of hydrogen-bond donors (Lipinski definition) is 0. The standard InChI is InChI=1S/C14H27NO2/c1-3-4-5-6-7-8-9-10-11-13-12-15(2)14(16)17-13/h13H,3-12H2,1-2H3. The number of ether oxygens (including phenoxy) is 1. The Bertz CT molecular complexity index is 218. The highest BCUT2D eigenvalue weighted by atomic mass is 16.6. The Morgan fingerprint density at radius 2 is 1.71 bits per heavy atom. The van der Waals surface area contributed by atoms with Crippen LogP contribution in [0.15, 0.2) is 0 Å². The third-order valence-corrected chi connectivity index (χ3v) is 3.44. The van der Waals surface area contributed by atoms with E-state index in [2.05, 4.69) is 6.92 Å². The van der Waals surface area contributed by atoms with Crippen molar-refractivity contribution in [2.45, 2.75) is 70.8 Å². The SMILES string of the molecule is CCCCCCCCCCC1CN(C)C(=O)O1. The van der Waals surface area contributed by atoms with Crippen LogP contribution in [0.1, 0.15) is 64.7 Å². The number of carbonyl (C=O) groups excluding carboxylic acids is 1. The maximum atomic E-state index is 11.1. The van der Waals surface area contributed by atoms with Crippen LogP contribution in [-0.2, 0) is 4.74 Å². The quantitative estimate of drug-likeness (QED) is 0.572. The highest BCUT2D eigenvalue weighted by molar-refractivity contribution is 5.69. The molecule has 1 saturated heterocycles. The molecule has 0 saturated carbocycles. The van der Waals surface area contributed by atoms with E-state index < -0.39 is 0 Å². The largest absolute Gasteiger partial charge is 0.444 e. The number of hydrogen-bond acceptors (Lipinski definition) is 2. The van der Waals surface area contributed by atoms with E-state index in [1.165, 1.54) is 51.4 Å². The maximum absolute atomic E-state index is 11.1. The molecule has 0 bridgehead atoms. The molecule has 17 heavy (non-hydrogen) atoms. The minimum atomic E-state index is -0.158. The second-order valence-electron chi connectivity index (χ2n) is 5.15. The van der Waals surface area contributed by atoms with E-state index >= 15 is 0 Å². The van der Waals surface area contributed by atoms with Crippen molar-refractivity contribution in [1.29, 1.82) is 0 Å². The van der Waals surface area contributed by atoms with Crippen molar-refractivity contribution in [2.24, 2.45) is 0 Å². The Morgan fingerprint density at radius 3 is 2.24 bits per heavy atom. The molecule has 0 aromatic heterocycles. The van der Waals surface area contributed by atoms with Crippen LogP contribution in [0.25, 0.3) is 0 Å². The van der Waals surface area contributed by atoms with Crippen LogP contribution in [-0.4, -0.2) is 30.7 Å². The summed E-state index contributed by atoms with van der Waals surface area (Å²) in [6, 6.07) is 0. The van der Waals surface area contributed by atoms with Crippen molar-refractivity contribution in [3.8, 4) is 0 Å². The molecule has 0 aromatic carbocycles. The molecule has 1 rings (SSSR count). The summed E-state index contributed by atoms with van der Waals surface area (Å²) in [6.45, 7) is 3.02. The van der Waals surface area contributed by atoms with Crippen LogP contribution in [0, 0.1) is 0 Å². The van der Waals surface area contributed by atoms with E-state index in [4.69, 9.17) is 4.74 Å². The fourth-order valence-electron chi connectivity index (χ4n) is 2.31. The number of unbranched alkanes of at least 4 members (excludes halogenated alkanes) is 7. The Hall–Kier alpha value is -0.730. The third-order valence-electron chi connectivity index (χ3n) is 3.44. The molecule has 1 aliphatic rings. The molecule has 0 aliphatic carbocycles. The van der Waals surface area contributed by atoms with E-state index in [0.29, 0.717) is 0 Å². The number of cyclic esters (lactones) is 1. The van der Waals surface area contributed by atoms with Crippen LogP contribution in [0.3, 0.4) is 0 Å². The van der Waals surface area contributed by atoms with Gasteiger partial charge in [-0.1, -0.05) is 51.9 Å². The first kappa shape index (κ1) is 14.3. The van der Waals surface area contributed by atoms with Crippen molar-refractivity contribution in [2.75, 3.05) is 13.6 Å². The van der Waals surface area contributed by atoms with Gasteiger partial charge in [-0.2, -0.15) is 0 Å². The first-order chi connectivity index (χ1) is 8.24. The van der Waals surface area contributed by atoms with E-state index in [-0.39, 0.29) is 12.2 Å². The number of likely N-dealkylation sites (N-methyl/N-ethyl adjacent to an activating group) is 1. The van der Waals surface area contributed by atoms with Gasteiger partial charge in [0.05, 0.1) is 6.54 Å². The van der Waals surface area contributed by atoms with Crippen LogP contribution in [0.4, 0.5) is 4.79 Å². The molecule has 0 N–H and O–H groups in total. The first-order valence-electron chi connectivity index (χ1n) is 7.15. The van der Waals surface area contributed by atoms with Gasteiger partial charge in [-0.05, 0) is 12.8 Å². The van der Waals surface area contributed by atoms with Gasteiger partial charge in [-0.15, -0.1) is 0 Å². The number of rotatable bonds is 9. The Morgan fingerprint density at radius 1 is 1.12 bits per heavy atom. The smallest absolute Gasteiger partial charge is 0.409 e. The first-order valence-corrected chi connectivity index (χ1v) is 7.15. The van der Waals surface area contributed by atoms with Gasteiger partial charge in [-0.25, -0.2) is 4.79 Å². The molecular formula is C14H27NO2. The van der Waals surface area contributed by atoms with Gasteiger partial charge in [0.2, 0.25) is 0 Å². The van der Waals surface area contributed by atoms with Gasteiger partial charge >= 0.3 is 6.09 Å². The van der Waals surface area contributed by atoms with Crippen molar-refractivity contribution >= 4 is 6.09 Å². The van der Waals surface area contributed by atoms with Crippen molar-refractivity contribution in [1.82, 2.24) is 4.90 Å². The zero-order valence-electron chi connectivity index (χ0n) is 11.4. The molecule has 0 aromatic rings. The second-order valence-corrected chi connectivity index (χ2v) is 5.15. The maximum Gasteiger partial charge on any atom is 0.409 e. The summed E-state index contributed by atoms with van der Waals surface area (Å²) < 4.78 is 5.22. The highest BCUT2D eigenvalue weighted by Crippen LogP contribution is 2.16. The second kappa shape index (κ2) is 8.37. The van der Waals surface area contributed by atoms with Crippen LogP contribution >= 0.6 is 0 Å². The summed E-state index contributed by atoms with van der Waals surface area (Å²) in [7, 11) is 1.80. The summed E-state index contributed by atoms with van der Waals surface area (Å²) in [4.78, 5) is 12.8. The zero-order chi connectivity index (χ0) is 12.5. The molecule has 1 unspecified atom stereocenters. The zero-order valence-corrected chi connectivity index (χ0v) is 11.4. The monoisotopic (exact) mass is 241 g/mol. The number of nitrogens with zero attached hydrogens (tertiary/aromatic N) is 1. The predicted molar refractivity (Wildman–Crippen MR) is 70.1 cm³/mol. The van der Waals surface area contributed by atoms with Gasteiger partial charge < -0.3 is 9.64 Å². The molecule has 1 heterocycles. The molecule has 0 spiro atoms. The highest BCUT2D eigenvalue weighted by Gasteiger charge is 2.27. The number of amides is 1. The fraction of sp³-hybridized carbons (Fsp3) is 0.929. The summed E-state index contributed by atoms with van der Waals surface area (Å²) in [5, 5.41) is 0. The Labute approximate surface area is 106 Å². The lowest BCUT2D eigenvalue weighted by atomic mass is 10.1. The lowest BCUT2D eigenvalue weighted by Crippen LogP contribution is -2.19. The Balaban J connectivity index is 1.86. The molecule has 1 atom stereocenters. The van der Waals surface area contributed by atoms with E-state index in [0.717, 1.165) is 13.0 Å². The summed E-state index contributed by atoms with van der Waals surface area (Å²) in [5.41, 5.74) is 0. The van der Waals surface area contributed by atoms with Gasteiger partial charge in [0.15, 0.2) is 0 Å². The van der Waals surface area contributed by atoms with Crippen molar-refractivity contribution in [3.63, 3.8) is 0 Å². The van der Waals surface area contributed by atoms with Gasteiger partial charge in [0.25, 0.3) is 0 Å². The summed E-state index contributed by atoms with van der Waals surface area (Å²) in [5.74, 6) is 0. The molecule has 1 aliphatic heterocycles. The fourth-order valence-corrected chi connectivity index (χ4v) is 2.31. The third kappa shape index (κ3) is 5.94. The topological polar surface area (TPSA) is 29.5 Å². The molecule has 3 heteroatoms. The Kier molecular flexibility index (Phi) is 7.06. The lowest BCUT2D eigenvalue weighted by Gasteiger charge is -2.07. The molecule has 1 fully saturated rings. The van der Waals surface area contributed by atoms with Crippen LogP contribution < -0.4 is 0 Å². The van der Waals surface area contributed by atoms with Gasteiger partial charge in [0, 0.05) is 7.05 Å². The van der Waals surface area contributed by atoms with E-state index in [1.54, 1.807) is 11.9 Å². The van der Waals surface area contributed by atoms with Crippen LogP contribution in [0.5, 0.6) is 0 Å².